The highest BCUT2D eigenvalue weighted by atomic mass is 35.5. The lowest BCUT2D eigenvalue weighted by Crippen LogP contribution is -2.21. The number of benzene rings is 1. The van der Waals surface area contributed by atoms with Crippen LogP contribution in [0, 0.1) is 21.8 Å². The van der Waals surface area contributed by atoms with Crippen LogP contribution in [0.2, 0.25) is 0 Å². The summed E-state index contributed by atoms with van der Waals surface area (Å²) in [5.74, 6) is -0.416. The molecule has 1 aromatic carbocycles. The van der Waals surface area contributed by atoms with Crippen LogP contribution < -0.4 is 0 Å². The summed E-state index contributed by atoms with van der Waals surface area (Å²) >= 11 is 6.25. The van der Waals surface area contributed by atoms with E-state index in [1.165, 1.54) is 12.1 Å². The second-order valence-corrected chi connectivity index (χ2v) is 5.37. The molecule has 0 amide bonds. The quantitative estimate of drug-likeness (QED) is 0.472. The molecule has 1 aliphatic carbocycles. The number of hydrogen-bond donors (Lipinski definition) is 0. The molecule has 0 aliphatic heterocycles. The highest BCUT2D eigenvalue weighted by Gasteiger charge is 2.24. The normalized spacial score (nSPS) is 23.9. The molecule has 0 radical (unpaired) electrons. The molecule has 0 saturated heterocycles. The fourth-order valence-electron chi connectivity index (χ4n) is 2.52. The molecule has 2 rings (SSSR count). The van der Waals surface area contributed by atoms with Crippen molar-refractivity contribution in [2.45, 2.75) is 37.5 Å². The first-order valence-corrected chi connectivity index (χ1v) is 6.58. The van der Waals surface area contributed by atoms with Crippen molar-refractivity contribution in [1.82, 2.24) is 0 Å². The van der Waals surface area contributed by atoms with Crippen LogP contribution >= 0.6 is 11.6 Å². The van der Waals surface area contributed by atoms with Gasteiger partial charge in [0.1, 0.15) is 0 Å². The molecule has 0 spiro atoms. The molecule has 3 nitrogen and oxygen atoms in total. The summed E-state index contributed by atoms with van der Waals surface area (Å²) in [6.07, 6.45) is 5.06. The number of alkyl halides is 1. The van der Waals surface area contributed by atoms with E-state index in [1.54, 1.807) is 6.07 Å². The van der Waals surface area contributed by atoms with Crippen molar-refractivity contribution in [3.05, 3.63) is 39.7 Å². The summed E-state index contributed by atoms with van der Waals surface area (Å²) in [6.45, 7) is 0. The topological polar surface area (TPSA) is 43.1 Å². The van der Waals surface area contributed by atoms with Crippen LogP contribution in [0.5, 0.6) is 0 Å². The van der Waals surface area contributed by atoms with Gasteiger partial charge in [-0.15, -0.1) is 11.6 Å². The van der Waals surface area contributed by atoms with Crippen LogP contribution in [0.4, 0.5) is 10.1 Å². The number of nitrogens with zero attached hydrogens (tertiary/aromatic N) is 1. The van der Waals surface area contributed by atoms with E-state index in [1.807, 2.05) is 0 Å². The zero-order valence-corrected chi connectivity index (χ0v) is 10.7. The van der Waals surface area contributed by atoms with E-state index >= 15 is 0 Å². The molecule has 0 bridgehead atoms. The molecule has 1 aliphatic rings. The van der Waals surface area contributed by atoms with Gasteiger partial charge in [0.15, 0.2) is 0 Å². The Labute approximate surface area is 110 Å². The van der Waals surface area contributed by atoms with Gasteiger partial charge in [-0.05, 0) is 36.8 Å². The Morgan fingerprint density at radius 3 is 2.72 bits per heavy atom. The van der Waals surface area contributed by atoms with Crippen molar-refractivity contribution in [3.8, 4) is 0 Å². The third-order valence-electron chi connectivity index (χ3n) is 3.52. The lowest BCUT2D eigenvalue weighted by Gasteiger charge is -2.27. The number of rotatable bonds is 3. The fraction of sp³-hybridized carbons (Fsp3) is 0.538. The largest absolute Gasteiger partial charge is 0.304 e. The zero-order valence-electron chi connectivity index (χ0n) is 9.94. The summed E-state index contributed by atoms with van der Waals surface area (Å²) in [7, 11) is 0. The van der Waals surface area contributed by atoms with E-state index in [0.717, 1.165) is 31.2 Å². The highest BCUT2D eigenvalue weighted by Crippen LogP contribution is 2.31. The number of hydrogen-bond acceptors (Lipinski definition) is 2. The lowest BCUT2D eigenvalue weighted by molar-refractivity contribution is -0.387. The second kappa shape index (κ2) is 5.65. The molecule has 98 valence electrons. The van der Waals surface area contributed by atoms with Crippen LogP contribution in [0.1, 0.15) is 31.2 Å². The number of nitro benzene ring substituents is 1. The van der Waals surface area contributed by atoms with Gasteiger partial charge in [-0.3, -0.25) is 10.1 Å². The maximum atomic E-state index is 13.5. The SMILES string of the molecule is O=[N+]([O-])c1ccc(CC2CCCCC2Cl)cc1F. The Kier molecular flexibility index (Phi) is 4.17. The van der Waals surface area contributed by atoms with Gasteiger partial charge in [0.25, 0.3) is 0 Å². The summed E-state index contributed by atoms with van der Waals surface area (Å²) < 4.78 is 13.5. The average Bonchev–Trinajstić information content (AvgIpc) is 2.32. The third-order valence-corrected chi connectivity index (χ3v) is 4.10. The lowest BCUT2D eigenvalue weighted by atomic mass is 9.84. The van der Waals surface area contributed by atoms with Crippen LogP contribution in [0.3, 0.4) is 0 Å². The third kappa shape index (κ3) is 2.99. The number of halogens is 2. The first-order valence-electron chi connectivity index (χ1n) is 6.15. The van der Waals surface area contributed by atoms with Crippen LogP contribution in [0.15, 0.2) is 18.2 Å². The Morgan fingerprint density at radius 2 is 2.11 bits per heavy atom. The summed E-state index contributed by atoms with van der Waals surface area (Å²) in [6, 6.07) is 4.12. The molecule has 0 N–H and O–H groups in total. The first kappa shape index (κ1) is 13.3. The van der Waals surface area contributed by atoms with Gasteiger partial charge in [0, 0.05) is 11.4 Å². The summed E-state index contributed by atoms with van der Waals surface area (Å²) in [5, 5.41) is 10.7. The molecule has 0 heterocycles. The van der Waals surface area contributed by atoms with Gasteiger partial charge in [-0.25, -0.2) is 0 Å². The van der Waals surface area contributed by atoms with Crippen molar-refractivity contribution in [2.75, 3.05) is 0 Å². The standard InChI is InChI=1S/C13H15ClFNO2/c14-11-4-2-1-3-10(11)7-9-5-6-13(16(17)18)12(15)8-9/h5-6,8,10-11H,1-4,7H2. The Bertz CT molecular complexity index is 453. The monoisotopic (exact) mass is 271 g/mol. The predicted octanol–water partition coefficient (Wildman–Crippen LogP) is 4.07. The number of nitro groups is 1. The molecule has 5 heteroatoms. The maximum absolute atomic E-state index is 13.5. The molecular weight excluding hydrogens is 257 g/mol. The van der Waals surface area contributed by atoms with Gasteiger partial charge in [0.2, 0.25) is 5.82 Å². The minimum Gasteiger partial charge on any atom is -0.258 e. The molecule has 1 fully saturated rings. The molecule has 1 aromatic rings. The van der Waals surface area contributed by atoms with Gasteiger partial charge in [-0.1, -0.05) is 18.9 Å². The van der Waals surface area contributed by atoms with E-state index in [4.69, 9.17) is 11.6 Å². The Morgan fingerprint density at radius 1 is 1.39 bits per heavy atom. The van der Waals surface area contributed by atoms with Crippen molar-refractivity contribution in [3.63, 3.8) is 0 Å². The van der Waals surface area contributed by atoms with Crippen LogP contribution in [-0.4, -0.2) is 10.3 Å². The van der Waals surface area contributed by atoms with Gasteiger partial charge in [0.05, 0.1) is 4.92 Å². The molecule has 18 heavy (non-hydrogen) atoms. The minimum absolute atomic E-state index is 0.136. The van der Waals surface area contributed by atoms with Crippen molar-refractivity contribution < 1.29 is 9.31 Å². The van der Waals surface area contributed by atoms with E-state index in [0.29, 0.717) is 12.3 Å². The van der Waals surface area contributed by atoms with E-state index < -0.39 is 16.4 Å². The second-order valence-electron chi connectivity index (χ2n) is 4.81. The molecule has 0 aromatic heterocycles. The highest BCUT2D eigenvalue weighted by molar-refractivity contribution is 6.20. The van der Waals surface area contributed by atoms with Crippen LogP contribution in [-0.2, 0) is 6.42 Å². The molecular formula is C13H15ClFNO2. The van der Waals surface area contributed by atoms with E-state index in [-0.39, 0.29) is 5.38 Å². The summed E-state index contributed by atoms with van der Waals surface area (Å²) in [4.78, 5) is 9.82. The van der Waals surface area contributed by atoms with Gasteiger partial charge >= 0.3 is 5.69 Å². The van der Waals surface area contributed by atoms with Gasteiger partial charge in [-0.2, -0.15) is 4.39 Å². The predicted molar refractivity (Wildman–Crippen MR) is 68.4 cm³/mol. The molecule has 2 unspecified atom stereocenters. The van der Waals surface area contributed by atoms with E-state index in [9.17, 15) is 14.5 Å². The fourth-order valence-corrected chi connectivity index (χ4v) is 2.89. The first-order chi connectivity index (χ1) is 8.58. The van der Waals surface area contributed by atoms with Gasteiger partial charge < -0.3 is 0 Å². The van der Waals surface area contributed by atoms with Crippen molar-refractivity contribution >= 4 is 17.3 Å². The van der Waals surface area contributed by atoms with Crippen molar-refractivity contribution in [2.24, 2.45) is 5.92 Å². The minimum atomic E-state index is -0.764. The smallest absolute Gasteiger partial charge is 0.258 e. The Balaban J connectivity index is 2.10. The molecule has 2 atom stereocenters. The van der Waals surface area contributed by atoms with E-state index in [2.05, 4.69) is 0 Å². The maximum Gasteiger partial charge on any atom is 0.304 e. The Hall–Kier alpha value is -1.16. The van der Waals surface area contributed by atoms with Crippen LogP contribution in [0.25, 0.3) is 0 Å². The van der Waals surface area contributed by atoms with Crippen molar-refractivity contribution in [1.29, 1.82) is 0 Å². The summed E-state index contributed by atoms with van der Waals surface area (Å²) in [5.41, 5.74) is 0.320. The zero-order chi connectivity index (χ0) is 13.1. The molecule has 1 saturated carbocycles. The average molecular weight is 272 g/mol.